The van der Waals surface area contributed by atoms with E-state index < -0.39 is 5.69 Å². The van der Waals surface area contributed by atoms with Crippen LogP contribution in [-0.4, -0.2) is 20.9 Å². The smallest absolute Gasteiger partial charge is 0.308 e. The lowest BCUT2D eigenvalue weighted by atomic mass is 10.3. The third-order valence-electron chi connectivity index (χ3n) is 1.85. The first-order chi connectivity index (χ1) is 7.75. The summed E-state index contributed by atoms with van der Waals surface area (Å²) >= 11 is 0. The van der Waals surface area contributed by atoms with Crippen LogP contribution in [-0.2, 0) is 0 Å². The number of anilines is 1. The van der Waals surface area contributed by atoms with Crippen molar-refractivity contribution in [3.05, 3.63) is 52.8 Å². The summed E-state index contributed by atoms with van der Waals surface area (Å²) in [5.74, 6) is -0.0381. The lowest BCUT2D eigenvalue weighted by Gasteiger charge is -2.03. The summed E-state index contributed by atoms with van der Waals surface area (Å²) in [7, 11) is 0. The molecule has 0 saturated heterocycles. The van der Waals surface area contributed by atoms with Crippen molar-refractivity contribution >= 4 is 11.7 Å². The maximum atomic E-state index is 11.6. The van der Waals surface area contributed by atoms with Crippen molar-refractivity contribution in [2.75, 3.05) is 5.32 Å². The zero-order valence-electron chi connectivity index (χ0n) is 8.18. The molecular formula is C10H8N4O2. The number of hydrogen-bond donors (Lipinski definition) is 2. The van der Waals surface area contributed by atoms with Crippen LogP contribution in [0.15, 0.2) is 41.6 Å². The number of rotatable bonds is 2. The molecule has 1 amide bonds. The second kappa shape index (κ2) is 4.35. The Morgan fingerprint density at radius 1 is 1.31 bits per heavy atom. The number of pyridine rings is 1. The van der Waals surface area contributed by atoms with E-state index in [1.807, 2.05) is 0 Å². The Kier molecular flexibility index (Phi) is 2.73. The van der Waals surface area contributed by atoms with Gasteiger partial charge < -0.3 is 5.32 Å². The Labute approximate surface area is 90.4 Å². The summed E-state index contributed by atoms with van der Waals surface area (Å²) in [6.45, 7) is 0. The van der Waals surface area contributed by atoms with Crippen molar-refractivity contribution in [3.63, 3.8) is 0 Å². The molecule has 0 fully saturated rings. The van der Waals surface area contributed by atoms with Gasteiger partial charge >= 0.3 is 5.69 Å². The van der Waals surface area contributed by atoms with E-state index in [1.165, 1.54) is 18.5 Å². The Hall–Kier alpha value is -2.50. The van der Waals surface area contributed by atoms with Crippen LogP contribution in [0.2, 0.25) is 0 Å². The van der Waals surface area contributed by atoms with E-state index in [2.05, 4.69) is 20.3 Å². The van der Waals surface area contributed by atoms with Crippen molar-refractivity contribution in [1.29, 1.82) is 0 Å². The number of hydrogen-bond acceptors (Lipinski definition) is 4. The number of nitrogens with one attached hydrogen (secondary N) is 2. The average molecular weight is 216 g/mol. The lowest BCUT2D eigenvalue weighted by Crippen LogP contribution is -2.17. The molecule has 16 heavy (non-hydrogen) atoms. The predicted octanol–water partition coefficient (Wildman–Crippen LogP) is 0.417. The van der Waals surface area contributed by atoms with Crippen molar-refractivity contribution in [2.24, 2.45) is 0 Å². The van der Waals surface area contributed by atoms with Gasteiger partial charge in [0.05, 0.1) is 5.56 Å². The number of amides is 1. The Bertz CT molecular complexity index is 550. The monoisotopic (exact) mass is 216 g/mol. The first-order valence-electron chi connectivity index (χ1n) is 4.52. The summed E-state index contributed by atoms with van der Waals surface area (Å²) < 4.78 is 0. The Balaban J connectivity index is 2.17. The van der Waals surface area contributed by atoms with Crippen LogP contribution in [0.4, 0.5) is 5.82 Å². The minimum atomic E-state index is -0.510. The predicted molar refractivity (Wildman–Crippen MR) is 57.0 cm³/mol. The second-order valence-electron chi connectivity index (χ2n) is 2.98. The highest BCUT2D eigenvalue weighted by Crippen LogP contribution is 2.02. The standard InChI is InChI=1S/C10H8N4O2/c15-9(7-2-1-4-11-6-7)13-8-3-5-12-10(16)14-8/h1-6H,(H2,12,13,14,15,16). The fourth-order valence-electron chi connectivity index (χ4n) is 1.13. The number of nitrogens with zero attached hydrogens (tertiary/aromatic N) is 2. The fraction of sp³-hybridized carbons (Fsp3) is 0. The van der Waals surface area contributed by atoms with Gasteiger partial charge in [-0.05, 0) is 18.2 Å². The van der Waals surface area contributed by atoms with Crippen LogP contribution in [0.3, 0.4) is 0 Å². The topological polar surface area (TPSA) is 87.7 Å². The molecule has 0 aliphatic carbocycles. The molecule has 0 unspecified atom stereocenters. The molecule has 0 aromatic carbocycles. The molecule has 0 atom stereocenters. The van der Waals surface area contributed by atoms with E-state index >= 15 is 0 Å². The molecule has 2 aromatic rings. The third-order valence-corrected chi connectivity index (χ3v) is 1.85. The van der Waals surface area contributed by atoms with Gasteiger partial charge in [0, 0.05) is 18.6 Å². The zero-order chi connectivity index (χ0) is 11.4. The highest BCUT2D eigenvalue weighted by atomic mass is 16.2. The van der Waals surface area contributed by atoms with E-state index in [1.54, 1.807) is 18.3 Å². The number of H-pyrrole nitrogens is 1. The zero-order valence-corrected chi connectivity index (χ0v) is 8.18. The quantitative estimate of drug-likeness (QED) is 0.761. The maximum Gasteiger partial charge on any atom is 0.346 e. The summed E-state index contributed by atoms with van der Waals surface area (Å²) in [6.07, 6.45) is 4.33. The number of carbonyl (C=O) groups is 1. The number of carbonyl (C=O) groups excluding carboxylic acids is 1. The van der Waals surface area contributed by atoms with E-state index in [9.17, 15) is 9.59 Å². The first kappa shape index (κ1) is 10.0. The van der Waals surface area contributed by atoms with Gasteiger partial charge in [-0.3, -0.25) is 14.8 Å². The van der Waals surface area contributed by atoms with Crippen LogP contribution in [0.25, 0.3) is 0 Å². The highest BCUT2D eigenvalue weighted by Gasteiger charge is 2.05. The van der Waals surface area contributed by atoms with Gasteiger partial charge in [0.1, 0.15) is 5.82 Å². The van der Waals surface area contributed by atoms with Crippen LogP contribution in [0.5, 0.6) is 0 Å². The summed E-state index contributed by atoms with van der Waals surface area (Å²) in [5.41, 5.74) is -0.0934. The van der Waals surface area contributed by atoms with E-state index in [-0.39, 0.29) is 5.91 Å². The van der Waals surface area contributed by atoms with Gasteiger partial charge in [-0.2, -0.15) is 0 Å². The van der Waals surface area contributed by atoms with Crippen molar-refractivity contribution in [3.8, 4) is 0 Å². The molecule has 0 bridgehead atoms. The first-order valence-corrected chi connectivity index (χ1v) is 4.52. The Morgan fingerprint density at radius 3 is 2.88 bits per heavy atom. The molecule has 2 aromatic heterocycles. The number of aromatic amines is 1. The molecule has 0 saturated carbocycles. The summed E-state index contributed by atoms with van der Waals surface area (Å²) in [5, 5.41) is 2.52. The molecule has 2 rings (SSSR count). The van der Waals surface area contributed by atoms with Crippen molar-refractivity contribution < 1.29 is 4.79 Å². The van der Waals surface area contributed by atoms with Crippen LogP contribution < -0.4 is 11.0 Å². The highest BCUT2D eigenvalue weighted by molar-refractivity contribution is 6.03. The van der Waals surface area contributed by atoms with Crippen LogP contribution in [0, 0.1) is 0 Å². The van der Waals surface area contributed by atoms with Gasteiger partial charge in [-0.25, -0.2) is 9.78 Å². The van der Waals surface area contributed by atoms with Gasteiger partial charge in [-0.1, -0.05) is 0 Å². The number of aromatic nitrogens is 3. The Morgan fingerprint density at radius 2 is 2.19 bits per heavy atom. The third kappa shape index (κ3) is 2.30. The normalized spacial score (nSPS) is 9.75. The molecule has 0 spiro atoms. The van der Waals surface area contributed by atoms with Gasteiger partial charge in [0.2, 0.25) is 0 Å². The van der Waals surface area contributed by atoms with Gasteiger partial charge in [0.15, 0.2) is 0 Å². The molecule has 6 nitrogen and oxygen atoms in total. The molecular weight excluding hydrogens is 208 g/mol. The second-order valence-corrected chi connectivity index (χ2v) is 2.98. The van der Waals surface area contributed by atoms with Crippen molar-refractivity contribution in [2.45, 2.75) is 0 Å². The minimum absolute atomic E-state index is 0.300. The average Bonchev–Trinajstić information content (AvgIpc) is 2.30. The summed E-state index contributed by atoms with van der Waals surface area (Å²) in [6, 6.07) is 4.78. The minimum Gasteiger partial charge on any atom is -0.308 e. The largest absolute Gasteiger partial charge is 0.346 e. The molecule has 6 heteroatoms. The van der Waals surface area contributed by atoms with E-state index in [4.69, 9.17) is 0 Å². The molecule has 2 N–H and O–H groups in total. The van der Waals surface area contributed by atoms with E-state index in [0.29, 0.717) is 11.4 Å². The van der Waals surface area contributed by atoms with Crippen LogP contribution >= 0.6 is 0 Å². The van der Waals surface area contributed by atoms with E-state index in [0.717, 1.165) is 0 Å². The van der Waals surface area contributed by atoms with Gasteiger partial charge in [-0.15, -0.1) is 0 Å². The van der Waals surface area contributed by atoms with Crippen LogP contribution in [0.1, 0.15) is 10.4 Å². The molecule has 0 aliphatic heterocycles. The van der Waals surface area contributed by atoms with Gasteiger partial charge in [0.25, 0.3) is 5.91 Å². The van der Waals surface area contributed by atoms with Crippen molar-refractivity contribution in [1.82, 2.24) is 15.0 Å². The SMILES string of the molecule is O=C(Nc1ccnc(=O)[nH]1)c1cccnc1. The maximum absolute atomic E-state index is 11.6. The molecule has 2 heterocycles. The summed E-state index contributed by atoms with van der Waals surface area (Å²) in [4.78, 5) is 32.2. The fourth-order valence-corrected chi connectivity index (χ4v) is 1.13. The molecule has 0 aliphatic rings. The molecule has 80 valence electrons. The molecule has 0 radical (unpaired) electrons. The lowest BCUT2D eigenvalue weighted by molar-refractivity contribution is 0.102.